The van der Waals surface area contributed by atoms with Gasteiger partial charge in [0.15, 0.2) is 0 Å². The Morgan fingerprint density at radius 1 is 1.07 bits per heavy atom. The second-order valence-corrected chi connectivity index (χ2v) is 8.47. The van der Waals surface area contributed by atoms with Gasteiger partial charge in [0.1, 0.15) is 5.00 Å². The number of nitrogens with one attached hydrogen (secondary N) is 1. The van der Waals surface area contributed by atoms with Crippen molar-refractivity contribution in [3.8, 4) is 5.00 Å². The minimum Gasteiger partial charge on any atom is -0.372 e. The van der Waals surface area contributed by atoms with E-state index < -0.39 is 0 Å². The van der Waals surface area contributed by atoms with Gasteiger partial charge in [-0.05, 0) is 67.6 Å². The molecule has 0 fully saturated rings. The first-order valence-corrected chi connectivity index (χ1v) is 11.2. The molecule has 30 heavy (non-hydrogen) atoms. The summed E-state index contributed by atoms with van der Waals surface area (Å²) in [7, 11) is 0. The maximum atomic E-state index is 12.6. The second kappa shape index (κ2) is 9.18. The zero-order valence-corrected chi connectivity index (χ0v) is 18.3. The highest BCUT2D eigenvalue weighted by Gasteiger charge is 2.11. The van der Waals surface area contributed by atoms with E-state index in [1.807, 2.05) is 24.3 Å². The Morgan fingerprint density at radius 2 is 1.93 bits per heavy atom. The van der Waals surface area contributed by atoms with Crippen LogP contribution in [0.2, 0.25) is 0 Å². The van der Waals surface area contributed by atoms with E-state index in [0.29, 0.717) is 6.54 Å². The monoisotopic (exact) mass is 417 g/mol. The predicted molar refractivity (Wildman–Crippen MR) is 127 cm³/mol. The number of hydrogen-bond acceptors (Lipinski definition) is 3. The Kier molecular flexibility index (Phi) is 6.19. The third kappa shape index (κ3) is 4.41. The first kappa shape index (κ1) is 20.2. The minimum atomic E-state index is 0.00122. The van der Waals surface area contributed by atoms with Crippen LogP contribution in [0.5, 0.6) is 0 Å². The minimum absolute atomic E-state index is 0.00122. The molecule has 0 unspecified atom stereocenters. The average molecular weight is 418 g/mol. The summed E-state index contributed by atoms with van der Waals surface area (Å²) in [4.78, 5) is 15.7. The lowest BCUT2D eigenvalue weighted by atomic mass is 10.2. The summed E-state index contributed by atoms with van der Waals surface area (Å²) >= 11 is 1.52. The first-order valence-electron chi connectivity index (χ1n) is 10.4. The summed E-state index contributed by atoms with van der Waals surface area (Å²) in [5, 5.41) is 5.33. The lowest BCUT2D eigenvalue weighted by Gasteiger charge is -2.23. The molecule has 0 spiro atoms. The second-order valence-electron chi connectivity index (χ2n) is 7.41. The lowest BCUT2D eigenvalue weighted by molar-refractivity contribution is 0.0957. The molecule has 4 rings (SSSR count). The van der Waals surface area contributed by atoms with E-state index in [1.54, 1.807) is 0 Å². The van der Waals surface area contributed by atoms with Crippen molar-refractivity contribution in [3.63, 3.8) is 0 Å². The fourth-order valence-corrected chi connectivity index (χ4v) is 4.63. The van der Waals surface area contributed by atoms with Crippen LogP contribution in [0, 0.1) is 6.92 Å². The molecule has 154 valence electrons. The third-order valence-electron chi connectivity index (χ3n) is 5.29. The Bertz CT molecular complexity index is 1140. The molecule has 2 aromatic heterocycles. The Balaban J connectivity index is 1.33. The molecule has 0 aliphatic rings. The van der Waals surface area contributed by atoms with E-state index in [9.17, 15) is 4.79 Å². The van der Waals surface area contributed by atoms with Crippen LogP contribution in [0.15, 0.2) is 72.9 Å². The molecular weight excluding hydrogens is 390 g/mol. The van der Waals surface area contributed by atoms with Gasteiger partial charge in [0.05, 0.1) is 10.4 Å². The summed E-state index contributed by atoms with van der Waals surface area (Å²) in [6.07, 6.45) is 2.97. The number of carbonyl (C=O) groups excluding carboxylic acids is 1. The Labute approximate surface area is 181 Å². The number of anilines is 1. The van der Waals surface area contributed by atoms with Gasteiger partial charge in [0, 0.05) is 31.5 Å². The summed E-state index contributed by atoms with van der Waals surface area (Å²) in [6.45, 7) is 6.82. The molecule has 1 N–H and O–H groups in total. The van der Waals surface area contributed by atoms with Crippen LogP contribution in [0.25, 0.3) is 15.9 Å². The number of amides is 1. The topological polar surface area (TPSA) is 37.3 Å². The molecule has 0 bridgehead atoms. The van der Waals surface area contributed by atoms with Crippen molar-refractivity contribution in [2.45, 2.75) is 20.3 Å². The number of benzene rings is 2. The van der Waals surface area contributed by atoms with Gasteiger partial charge in [-0.3, -0.25) is 4.79 Å². The lowest BCUT2D eigenvalue weighted by Crippen LogP contribution is -2.29. The van der Waals surface area contributed by atoms with Crippen molar-refractivity contribution in [2.75, 3.05) is 24.5 Å². The molecule has 2 aromatic carbocycles. The number of thiophene rings is 1. The highest BCUT2D eigenvalue weighted by molar-refractivity contribution is 7.16. The quantitative estimate of drug-likeness (QED) is 0.376. The zero-order valence-electron chi connectivity index (χ0n) is 17.5. The van der Waals surface area contributed by atoms with Crippen molar-refractivity contribution in [2.24, 2.45) is 0 Å². The van der Waals surface area contributed by atoms with Gasteiger partial charge in [-0.1, -0.05) is 30.3 Å². The molecule has 0 aliphatic heterocycles. The molecule has 5 heteroatoms. The number of nitrogens with zero attached hydrogens (tertiary/aromatic N) is 2. The van der Waals surface area contributed by atoms with Crippen LogP contribution in [-0.4, -0.2) is 30.1 Å². The van der Waals surface area contributed by atoms with Gasteiger partial charge in [-0.25, -0.2) is 0 Å². The molecule has 0 saturated heterocycles. The van der Waals surface area contributed by atoms with Crippen LogP contribution >= 0.6 is 11.3 Å². The predicted octanol–water partition coefficient (Wildman–Crippen LogP) is 5.65. The molecule has 0 aliphatic carbocycles. The number of rotatable bonds is 8. The van der Waals surface area contributed by atoms with Gasteiger partial charge in [0.2, 0.25) is 0 Å². The summed E-state index contributed by atoms with van der Waals surface area (Å²) in [5.74, 6) is 0.00122. The summed E-state index contributed by atoms with van der Waals surface area (Å²) in [6, 6.07) is 22.9. The molecule has 0 saturated carbocycles. The highest BCUT2D eigenvalue weighted by atomic mass is 32.1. The molecule has 0 radical (unpaired) electrons. The normalized spacial score (nSPS) is 11.0. The van der Waals surface area contributed by atoms with E-state index in [-0.39, 0.29) is 5.91 Å². The Morgan fingerprint density at radius 3 is 2.77 bits per heavy atom. The van der Waals surface area contributed by atoms with Crippen LogP contribution in [0.3, 0.4) is 0 Å². The fraction of sp³-hybridized carbons (Fsp3) is 0.240. The Hall–Kier alpha value is -3.05. The van der Waals surface area contributed by atoms with Gasteiger partial charge in [-0.2, -0.15) is 0 Å². The standard InChI is InChI=1S/C25H27N3OS/c1-3-27(21-10-6-8-19(2)18-21)16-7-15-26-25(29)23-12-13-24(30-23)28-17-14-20-9-4-5-11-22(20)28/h4-6,8-14,17-18H,3,7,15-16H2,1-2H3,(H,26,29). The number of aromatic nitrogens is 1. The molecule has 4 nitrogen and oxygen atoms in total. The van der Waals surface area contributed by atoms with Gasteiger partial charge in [0.25, 0.3) is 5.91 Å². The fourth-order valence-electron chi connectivity index (χ4n) is 3.71. The van der Waals surface area contributed by atoms with Gasteiger partial charge >= 0.3 is 0 Å². The van der Waals surface area contributed by atoms with Crippen molar-refractivity contribution < 1.29 is 4.79 Å². The van der Waals surface area contributed by atoms with Crippen LogP contribution < -0.4 is 10.2 Å². The van der Waals surface area contributed by atoms with Crippen molar-refractivity contribution in [1.82, 2.24) is 9.88 Å². The van der Waals surface area contributed by atoms with Crippen LogP contribution in [-0.2, 0) is 0 Å². The maximum absolute atomic E-state index is 12.6. The van der Waals surface area contributed by atoms with E-state index in [1.165, 1.54) is 28.0 Å². The number of hydrogen-bond donors (Lipinski definition) is 1. The maximum Gasteiger partial charge on any atom is 0.261 e. The number of carbonyl (C=O) groups is 1. The molecule has 1 amide bonds. The summed E-state index contributed by atoms with van der Waals surface area (Å²) < 4.78 is 2.14. The number of para-hydroxylation sites is 1. The van der Waals surface area contributed by atoms with Crippen molar-refractivity contribution in [1.29, 1.82) is 0 Å². The molecule has 2 heterocycles. The summed E-state index contributed by atoms with van der Waals surface area (Å²) in [5.41, 5.74) is 3.66. The van der Waals surface area contributed by atoms with Crippen LogP contribution in [0.1, 0.15) is 28.6 Å². The molecule has 4 aromatic rings. The van der Waals surface area contributed by atoms with Crippen LogP contribution in [0.4, 0.5) is 5.69 Å². The SMILES string of the molecule is CCN(CCCNC(=O)c1ccc(-n2ccc3ccccc32)s1)c1cccc(C)c1. The molecular formula is C25H27N3OS. The molecule has 0 atom stereocenters. The highest BCUT2D eigenvalue weighted by Crippen LogP contribution is 2.26. The van der Waals surface area contributed by atoms with E-state index in [0.717, 1.165) is 34.9 Å². The van der Waals surface area contributed by atoms with E-state index in [4.69, 9.17) is 0 Å². The first-order chi connectivity index (χ1) is 14.7. The van der Waals surface area contributed by atoms with E-state index >= 15 is 0 Å². The average Bonchev–Trinajstić information content (AvgIpc) is 3.41. The van der Waals surface area contributed by atoms with Gasteiger partial charge in [-0.15, -0.1) is 11.3 Å². The number of aryl methyl sites for hydroxylation is 1. The zero-order chi connectivity index (χ0) is 20.9. The van der Waals surface area contributed by atoms with Crippen molar-refractivity contribution in [3.05, 3.63) is 83.4 Å². The van der Waals surface area contributed by atoms with E-state index in [2.05, 4.69) is 77.3 Å². The largest absolute Gasteiger partial charge is 0.372 e. The number of fused-ring (bicyclic) bond motifs is 1. The van der Waals surface area contributed by atoms with Crippen molar-refractivity contribution >= 4 is 33.8 Å². The smallest absolute Gasteiger partial charge is 0.261 e. The third-order valence-corrected chi connectivity index (χ3v) is 6.37. The van der Waals surface area contributed by atoms with Gasteiger partial charge < -0.3 is 14.8 Å².